The highest BCUT2D eigenvalue weighted by Crippen LogP contribution is 2.22. The van der Waals surface area contributed by atoms with E-state index in [2.05, 4.69) is 20.2 Å². The highest BCUT2D eigenvalue weighted by atomic mass is 35.5. The van der Waals surface area contributed by atoms with Crippen LogP contribution in [0.4, 0.5) is 5.82 Å². The number of hydrogen-bond donors (Lipinski definition) is 1. The van der Waals surface area contributed by atoms with E-state index in [4.69, 9.17) is 11.6 Å². The van der Waals surface area contributed by atoms with Crippen molar-refractivity contribution in [3.63, 3.8) is 0 Å². The molecule has 1 aliphatic rings. The van der Waals surface area contributed by atoms with E-state index in [0.717, 1.165) is 12.2 Å². The lowest BCUT2D eigenvalue weighted by Crippen LogP contribution is -2.48. The van der Waals surface area contributed by atoms with Crippen LogP contribution in [-0.2, 0) is 9.59 Å². The highest BCUT2D eigenvalue weighted by molar-refractivity contribution is 7.99. The molecule has 0 aliphatic carbocycles. The smallest absolute Gasteiger partial charge is 0.230 e. The first kappa shape index (κ1) is 19.8. The first-order valence-electron chi connectivity index (χ1n) is 8.50. The molecule has 25 heavy (non-hydrogen) atoms. The topological polar surface area (TPSA) is 78.4 Å². The van der Waals surface area contributed by atoms with E-state index in [9.17, 15) is 9.59 Å². The minimum absolute atomic E-state index is 0.0383. The molecule has 7 nitrogen and oxygen atoms in total. The zero-order valence-electron chi connectivity index (χ0n) is 14.6. The average molecular weight is 386 g/mol. The van der Waals surface area contributed by atoms with Crippen molar-refractivity contribution in [1.82, 2.24) is 20.2 Å². The van der Waals surface area contributed by atoms with Gasteiger partial charge < -0.3 is 15.1 Å². The van der Waals surface area contributed by atoms with E-state index in [1.165, 1.54) is 11.8 Å². The standard InChI is InChI=1S/C16H24ClN5O2S/c1-3-5-18-14(23)11-25-16-19-12(17)10-13(20-16)21-6-8-22(9-7-21)15(24)4-2/h10H,3-9,11H2,1-2H3,(H,18,23). The molecule has 0 bridgehead atoms. The molecule has 0 unspecified atom stereocenters. The second kappa shape index (κ2) is 9.82. The molecule has 1 aliphatic heterocycles. The summed E-state index contributed by atoms with van der Waals surface area (Å²) in [6.07, 6.45) is 1.43. The third-order valence-corrected chi connectivity index (χ3v) is 4.87. The highest BCUT2D eigenvalue weighted by Gasteiger charge is 2.21. The number of halogens is 1. The summed E-state index contributed by atoms with van der Waals surface area (Å²) in [7, 11) is 0. The molecule has 1 aromatic heterocycles. The van der Waals surface area contributed by atoms with Crippen LogP contribution in [0, 0.1) is 0 Å². The third-order valence-electron chi connectivity index (χ3n) is 3.82. The van der Waals surface area contributed by atoms with Gasteiger partial charge in [0, 0.05) is 45.2 Å². The number of nitrogens with one attached hydrogen (secondary N) is 1. The quantitative estimate of drug-likeness (QED) is 0.438. The van der Waals surface area contributed by atoms with Gasteiger partial charge in [-0.25, -0.2) is 9.97 Å². The molecule has 9 heteroatoms. The van der Waals surface area contributed by atoms with Crippen molar-refractivity contribution in [1.29, 1.82) is 0 Å². The number of carbonyl (C=O) groups is 2. The van der Waals surface area contributed by atoms with E-state index in [-0.39, 0.29) is 17.6 Å². The normalized spacial score (nSPS) is 14.5. The summed E-state index contributed by atoms with van der Waals surface area (Å²) >= 11 is 7.38. The number of amides is 2. The Morgan fingerprint density at radius 3 is 2.60 bits per heavy atom. The predicted molar refractivity (Wildman–Crippen MR) is 100 cm³/mol. The Hall–Kier alpha value is -1.54. The summed E-state index contributed by atoms with van der Waals surface area (Å²) in [4.78, 5) is 36.1. The number of nitrogens with zero attached hydrogens (tertiary/aromatic N) is 4. The molecule has 1 aromatic rings. The molecule has 0 radical (unpaired) electrons. The van der Waals surface area contributed by atoms with E-state index < -0.39 is 0 Å². The van der Waals surface area contributed by atoms with E-state index in [1.807, 2.05) is 18.7 Å². The number of rotatable bonds is 7. The Morgan fingerprint density at radius 1 is 1.24 bits per heavy atom. The number of thioether (sulfide) groups is 1. The molecule has 2 heterocycles. The van der Waals surface area contributed by atoms with Gasteiger partial charge in [-0.2, -0.15) is 0 Å². The van der Waals surface area contributed by atoms with Crippen molar-refractivity contribution in [3.05, 3.63) is 11.2 Å². The molecule has 138 valence electrons. The van der Waals surface area contributed by atoms with Crippen LogP contribution in [0.2, 0.25) is 5.15 Å². The summed E-state index contributed by atoms with van der Waals surface area (Å²) in [5, 5.41) is 3.66. The molecule has 1 saturated heterocycles. The van der Waals surface area contributed by atoms with Gasteiger partial charge in [0.15, 0.2) is 5.16 Å². The SMILES string of the molecule is CCCNC(=O)CSc1nc(Cl)cc(N2CCN(C(=O)CC)CC2)n1. The largest absolute Gasteiger partial charge is 0.355 e. The molecule has 0 aromatic carbocycles. The predicted octanol–water partition coefficient (Wildman–Crippen LogP) is 1.81. The van der Waals surface area contributed by atoms with Crippen LogP contribution in [0.15, 0.2) is 11.2 Å². The Labute approximate surface area is 157 Å². The van der Waals surface area contributed by atoms with Crippen LogP contribution in [-0.4, -0.2) is 65.2 Å². The van der Waals surface area contributed by atoms with Crippen LogP contribution in [0.5, 0.6) is 0 Å². The lowest BCUT2D eigenvalue weighted by atomic mass is 10.3. The van der Waals surface area contributed by atoms with Crippen LogP contribution < -0.4 is 10.2 Å². The number of hydrogen-bond acceptors (Lipinski definition) is 6. The fourth-order valence-corrected chi connectivity index (χ4v) is 3.38. The summed E-state index contributed by atoms with van der Waals surface area (Å²) < 4.78 is 0. The van der Waals surface area contributed by atoms with E-state index in [1.54, 1.807) is 6.07 Å². The van der Waals surface area contributed by atoms with Gasteiger partial charge in [-0.1, -0.05) is 37.2 Å². The van der Waals surface area contributed by atoms with Gasteiger partial charge in [0.25, 0.3) is 0 Å². The lowest BCUT2D eigenvalue weighted by molar-refractivity contribution is -0.131. The van der Waals surface area contributed by atoms with Crippen molar-refractivity contribution < 1.29 is 9.59 Å². The van der Waals surface area contributed by atoms with Gasteiger partial charge >= 0.3 is 0 Å². The number of anilines is 1. The molecule has 0 atom stereocenters. The molecule has 0 saturated carbocycles. The van der Waals surface area contributed by atoms with Gasteiger partial charge in [0.05, 0.1) is 5.75 Å². The number of carbonyl (C=O) groups excluding carboxylic acids is 2. The van der Waals surface area contributed by atoms with Gasteiger partial charge in [-0.3, -0.25) is 9.59 Å². The van der Waals surface area contributed by atoms with Crippen molar-refractivity contribution in [2.75, 3.05) is 43.4 Å². The molecule has 2 rings (SSSR count). The third kappa shape index (κ3) is 6.04. The molecule has 0 spiro atoms. The number of aromatic nitrogens is 2. The van der Waals surface area contributed by atoms with E-state index in [0.29, 0.717) is 49.5 Å². The van der Waals surface area contributed by atoms with Crippen LogP contribution in [0.3, 0.4) is 0 Å². The minimum Gasteiger partial charge on any atom is -0.355 e. The van der Waals surface area contributed by atoms with Crippen molar-refractivity contribution >= 4 is 41.0 Å². The fraction of sp³-hybridized carbons (Fsp3) is 0.625. The number of piperazine rings is 1. The van der Waals surface area contributed by atoms with Crippen LogP contribution in [0.25, 0.3) is 0 Å². The Balaban J connectivity index is 1.95. The van der Waals surface area contributed by atoms with Crippen molar-refractivity contribution in [2.45, 2.75) is 31.8 Å². The van der Waals surface area contributed by atoms with Crippen molar-refractivity contribution in [3.8, 4) is 0 Å². The maximum Gasteiger partial charge on any atom is 0.230 e. The second-order valence-corrected chi connectivity index (χ2v) is 7.02. The fourth-order valence-electron chi connectivity index (χ4n) is 2.47. The summed E-state index contributed by atoms with van der Waals surface area (Å²) in [6, 6.07) is 1.72. The zero-order chi connectivity index (χ0) is 18.2. The lowest BCUT2D eigenvalue weighted by Gasteiger charge is -2.35. The maximum absolute atomic E-state index is 11.8. The molecular weight excluding hydrogens is 362 g/mol. The first-order valence-corrected chi connectivity index (χ1v) is 9.86. The maximum atomic E-state index is 11.8. The van der Waals surface area contributed by atoms with Gasteiger partial charge in [-0.05, 0) is 6.42 Å². The average Bonchev–Trinajstić information content (AvgIpc) is 2.63. The van der Waals surface area contributed by atoms with Crippen LogP contribution in [0.1, 0.15) is 26.7 Å². The monoisotopic (exact) mass is 385 g/mol. The molecule has 1 N–H and O–H groups in total. The Bertz CT molecular complexity index is 608. The van der Waals surface area contributed by atoms with Gasteiger partial charge in [-0.15, -0.1) is 0 Å². The Morgan fingerprint density at radius 2 is 1.96 bits per heavy atom. The second-order valence-electron chi connectivity index (χ2n) is 5.69. The van der Waals surface area contributed by atoms with Crippen LogP contribution >= 0.6 is 23.4 Å². The van der Waals surface area contributed by atoms with Gasteiger partial charge in [0.2, 0.25) is 11.8 Å². The molecule has 1 fully saturated rings. The Kier molecular flexibility index (Phi) is 7.77. The summed E-state index contributed by atoms with van der Waals surface area (Å²) in [6.45, 7) is 7.32. The zero-order valence-corrected chi connectivity index (χ0v) is 16.2. The summed E-state index contributed by atoms with van der Waals surface area (Å²) in [5.41, 5.74) is 0. The summed E-state index contributed by atoms with van der Waals surface area (Å²) in [5.74, 6) is 1.14. The van der Waals surface area contributed by atoms with Crippen molar-refractivity contribution in [2.24, 2.45) is 0 Å². The molecule has 2 amide bonds. The molecular formula is C16H24ClN5O2S. The minimum atomic E-state index is -0.0383. The van der Waals surface area contributed by atoms with E-state index >= 15 is 0 Å². The first-order chi connectivity index (χ1) is 12.0. The van der Waals surface area contributed by atoms with Gasteiger partial charge in [0.1, 0.15) is 11.0 Å².